The van der Waals surface area contributed by atoms with Gasteiger partial charge in [0.15, 0.2) is 0 Å². The van der Waals surface area contributed by atoms with Crippen LogP contribution >= 0.6 is 0 Å². The molecule has 1 aliphatic carbocycles. The zero-order valence-corrected chi connectivity index (χ0v) is 7.73. The van der Waals surface area contributed by atoms with Crippen LogP contribution in [0.3, 0.4) is 0 Å². The molecule has 0 aromatic rings. The average molecular weight is 210 g/mol. The maximum Gasteiger partial charge on any atom is 0.389 e. The Morgan fingerprint density at radius 1 is 1.29 bits per heavy atom. The molecule has 0 aromatic heterocycles. The largest absolute Gasteiger partial charge is 0.390 e. The summed E-state index contributed by atoms with van der Waals surface area (Å²) in [6.07, 6.45) is -4.74. The van der Waals surface area contributed by atoms with Gasteiger partial charge in [-0.2, -0.15) is 13.2 Å². The van der Waals surface area contributed by atoms with Crippen LogP contribution in [0.25, 0.3) is 0 Å². The summed E-state index contributed by atoms with van der Waals surface area (Å²) in [6.45, 7) is 0. The number of hydrogen-bond acceptors (Lipinski definition) is 2. The van der Waals surface area contributed by atoms with Gasteiger partial charge in [-0.15, -0.1) is 0 Å². The van der Waals surface area contributed by atoms with Crippen LogP contribution in [0.5, 0.6) is 0 Å². The molecule has 0 heterocycles. The predicted octanol–water partition coefficient (Wildman–Crippen LogP) is 2.20. The van der Waals surface area contributed by atoms with Gasteiger partial charge in [-0.25, -0.2) is 0 Å². The number of carbonyl (C=O) groups is 1. The number of halogens is 3. The normalized spacial score (nSPS) is 22.4. The van der Waals surface area contributed by atoms with Gasteiger partial charge in [0, 0.05) is 19.3 Å². The fourth-order valence-corrected chi connectivity index (χ4v) is 1.62. The van der Waals surface area contributed by atoms with E-state index in [1.54, 1.807) is 0 Å². The molecule has 1 N–H and O–H groups in total. The lowest BCUT2D eigenvalue weighted by Crippen LogP contribution is -2.35. The first-order chi connectivity index (χ1) is 6.31. The summed E-state index contributed by atoms with van der Waals surface area (Å²) in [5.41, 5.74) is -1.27. The van der Waals surface area contributed by atoms with Crippen LogP contribution in [0.4, 0.5) is 13.2 Å². The predicted molar refractivity (Wildman–Crippen MR) is 43.7 cm³/mol. The number of aliphatic hydroxyl groups is 1. The lowest BCUT2D eigenvalue weighted by molar-refractivity contribution is -0.150. The molecule has 14 heavy (non-hydrogen) atoms. The number of carbonyl (C=O) groups excluding carboxylic acids is 1. The maximum atomic E-state index is 11.9. The van der Waals surface area contributed by atoms with Crippen molar-refractivity contribution < 1.29 is 23.1 Å². The Labute approximate surface area is 80.1 Å². The Bertz CT molecular complexity index is 213. The number of alkyl halides is 3. The number of hydrogen-bond donors (Lipinski definition) is 1. The smallest absolute Gasteiger partial charge is 0.389 e. The zero-order valence-electron chi connectivity index (χ0n) is 7.73. The standard InChI is InChI=1S/C9H13F3O2/c10-9(11,12)6-5-8(14)3-1-7(13)2-4-8/h14H,1-6H2. The molecular weight excluding hydrogens is 197 g/mol. The van der Waals surface area contributed by atoms with E-state index in [0.29, 0.717) is 0 Å². The van der Waals surface area contributed by atoms with Crippen molar-refractivity contribution in [3.05, 3.63) is 0 Å². The van der Waals surface area contributed by atoms with Crippen LogP contribution in [-0.4, -0.2) is 22.7 Å². The van der Waals surface area contributed by atoms with Gasteiger partial charge in [-0.05, 0) is 19.3 Å². The van der Waals surface area contributed by atoms with E-state index in [0.717, 1.165) is 0 Å². The van der Waals surface area contributed by atoms with Crippen molar-refractivity contribution in [2.45, 2.75) is 50.3 Å². The lowest BCUT2D eigenvalue weighted by atomic mass is 9.81. The second kappa shape index (κ2) is 3.88. The van der Waals surface area contributed by atoms with E-state index in [1.165, 1.54) is 0 Å². The molecule has 0 amide bonds. The fraction of sp³-hybridized carbons (Fsp3) is 0.889. The monoisotopic (exact) mass is 210 g/mol. The Kier molecular flexibility index (Phi) is 3.19. The summed E-state index contributed by atoms with van der Waals surface area (Å²) in [5, 5.41) is 9.70. The fourth-order valence-electron chi connectivity index (χ4n) is 1.62. The summed E-state index contributed by atoms with van der Waals surface area (Å²) in [5.74, 6) is 0.0293. The molecule has 82 valence electrons. The highest BCUT2D eigenvalue weighted by atomic mass is 19.4. The van der Waals surface area contributed by atoms with Gasteiger partial charge >= 0.3 is 6.18 Å². The van der Waals surface area contributed by atoms with Crippen molar-refractivity contribution in [3.8, 4) is 0 Å². The SMILES string of the molecule is O=C1CCC(O)(CCC(F)(F)F)CC1. The van der Waals surface area contributed by atoms with E-state index in [1.807, 2.05) is 0 Å². The lowest BCUT2D eigenvalue weighted by Gasteiger charge is -2.31. The van der Waals surface area contributed by atoms with E-state index in [2.05, 4.69) is 0 Å². The molecule has 0 radical (unpaired) electrons. The molecule has 0 unspecified atom stereocenters. The average Bonchev–Trinajstić information content (AvgIpc) is 2.07. The first kappa shape index (κ1) is 11.5. The third-order valence-electron chi connectivity index (χ3n) is 2.61. The molecule has 2 nitrogen and oxygen atoms in total. The molecule has 0 spiro atoms. The van der Waals surface area contributed by atoms with Crippen molar-refractivity contribution in [1.29, 1.82) is 0 Å². The quantitative estimate of drug-likeness (QED) is 0.758. The van der Waals surface area contributed by atoms with E-state index in [-0.39, 0.29) is 37.9 Å². The molecule has 0 bridgehead atoms. The van der Waals surface area contributed by atoms with Crippen molar-refractivity contribution >= 4 is 5.78 Å². The zero-order chi connectivity index (χ0) is 10.8. The van der Waals surface area contributed by atoms with Crippen LogP contribution < -0.4 is 0 Å². The second-order valence-corrected chi connectivity index (χ2v) is 3.88. The van der Waals surface area contributed by atoms with E-state index < -0.39 is 18.2 Å². The third kappa shape index (κ3) is 3.65. The van der Waals surface area contributed by atoms with Gasteiger partial charge in [0.05, 0.1) is 5.60 Å². The van der Waals surface area contributed by atoms with E-state index in [4.69, 9.17) is 0 Å². The summed E-state index contributed by atoms with van der Waals surface area (Å²) in [7, 11) is 0. The Balaban J connectivity index is 2.39. The molecular formula is C9H13F3O2. The Morgan fingerprint density at radius 3 is 2.21 bits per heavy atom. The number of rotatable bonds is 2. The Hall–Kier alpha value is -0.580. The summed E-state index contributed by atoms with van der Waals surface area (Å²) < 4.78 is 35.6. The van der Waals surface area contributed by atoms with Crippen LogP contribution in [0.15, 0.2) is 0 Å². The molecule has 0 saturated heterocycles. The third-order valence-corrected chi connectivity index (χ3v) is 2.61. The van der Waals surface area contributed by atoms with Crippen molar-refractivity contribution in [2.24, 2.45) is 0 Å². The van der Waals surface area contributed by atoms with Gasteiger partial charge in [-0.1, -0.05) is 0 Å². The van der Waals surface area contributed by atoms with Crippen LogP contribution in [-0.2, 0) is 4.79 Å². The van der Waals surface area contributed by atoms with Crippen molar-refractivity contribution in [2.75, 3.05) is 0 Å². The van der Waals surface area contributed by atoms with Gasteiger partial charge < -0.3 is 5.11 Å². The summed E-state index contributed by atoms with van der Waals surface area (Å²) in [6, 6.07) is 0. The Morgan fingerprint density at radius 2 is 1.79 bits per heavy atom. The molecule has 1 aliphatic rings. The molecule has 1 rings (SSSR count). The topological polar surface area (TPSA) is 37.3 Å². The van der Waals surface area contributed by atoms with Gasteiger partial charge in [0.1, 0.15) is 5.78 Å². The molecule has 0 aliphatic heterocycles. The first-order valence-electron chi connectivity index (χ1n) is 4.62. The summed E-state index contributed by atoms with van der Waals surface area (Å²) >= 11 is 0. The highest BCUT2D eigenvalue weighted by Crippen LogP contribution is 2.34. The molecule has 0 aromatic carbocycles. The molecule has 5 heteroatoms. The number of Topliss-reactive ketones (excluding diaryl/α,β-unsaturated/α-hetero) is 1. The molecule has 1 fully saturated rings. The highest BCUT2D eigenvalue weighted by Gasteiger charge is 2.37. The van der Waals surface area contributed by atoms with Gasteiger partial charge in [-0.3, -0.25) is 4.79 Å². The first-order valence-corrected chi connectivity index (χ1v) is 4.62. The van der Waals surface area contributed by atoms with Crippen molar-refractivity contribution in [1.82, 2.24) is 0 Å². The summed E-state index contributed by atoms with van der Waals surface area (Å²) in [4.78, 5) is 10.8. The second-order valence-electron chi connectivity index (χ2n) is 3.88. The van der Waals surface area contributed by atoms with E-state index in [9.17, 15) is 23.1 Å². The van der Waals surface area contributed by atoms with Gasteiger partial charge in [0.2, 0.25) is 0 Å². The van der Waals surface area contributed by atoms with Crippen LogP contribution in [0.2, 0.25) is 0 Å². The highest BCUT2D eigenvalue weighted by molar-refractivity contribution is 5.79. The minimum Gasteiger partial charge on any atom is -0.390 e. The minimum absolute atomic E-state index is 0.0293. The molecule has 0 atom stereocenters. The molecule has 1 saturated carbocycles. The van der Waals surface area contributed by atoms with Crippen molar-refractivity contribution in [3.63, 3.8) is 0 Å². The maximum absolute atomic E-state index is 11.9. The number of ketones is 1. The van der Waals surface area contributed by atoms with Crippen LogP contribution in [0, 0.1) is 0 Å². The van der Waals surface area contributed by atoms with Crippen LogP contribution in [0.1, 0.15) is 38.5 Å². The van der Waals surface area contributed by atoms with Gasteiger partial charge in [0.25, 0.3) is 0 Å². The van der Waals surface area contributed by atoms with E-state index >= 15 is 0 Å². The minimum atomic E-state index is -4.23.